The maximum Gasteiger partial charge on any atom is 0.237 e. The summed E-state index contributed by atoms with van der Waals surface area (Å²) in [6.07, 6.45) is 0. The molecule has 1 unspecified atom stereocenters. The fraction of sp³-hybridized carbons (Fsp3) is 0.263. The Labute approximate surface area is 157 Å². The van der Waals surface area contributed by atoms with Crippen molar-refractivity contribution < 1.29 is 4.79 Å². The zero-order chi connectivity index (χ0) is 18.5. The maximum absolute atomic E-state index is 12.5. The second kappa shape index (κ2) is 8.14. The monoisotopic (exact) mass is 367 g/mol. The quantitative estimate of drug-likeness (QED) is 0.721. The van der Waals surface area contributed by atoms with Crippen LogP contribution in [0, 0.1) is 13.8 Å². The summed E-state index contributed by atoms with van der Waals surface area (Å²) in [6, 6.07) is 15.7. The van der Waals surface area contributed by atoms with Crippen LogP contribution in [0.4, 0.5) is 5.69 Å². The Kier molecular flexibility index (Phi) is 5.68. The molecule has 0 spiro atoms. The van der Waals surface area contributed by atoms with Crippen LogP contribution in [-0.2, 0) is 10.5 Å². The number of hydrogen-bond acceptors (Lipinski definition) is 5. The maximum atomic E-state index is 12.5. The average Bonchev–Trinajstić information content (AvgIpc) is 3.12. The first-order valence-corrected chi connectivity index (χ1v) is 9.42. The summed E-state index contributed by atoms with van der Waals surface area (Å²) in [5.74, 6) is 1.23. The molecule has 0 aliphatic heterocycles. The minimum Gasteiger partial charge on any atom is -0.325 e. The minimum atomic E-state index is -0.226. The fourth-order valence-electron chi connectivity index (χ4n) is 2.45. The molecule has 1 aromatic heterocycles. The van der Waals surface area contributed by atoms with Crippen LogP contribution in [0.5, 0.6) is 0 Å². The van der Waals surface area contributed by atoms with Crippen molar-refractivity contribution in [3.05, 3.63) is 65.5 Å². The number of nitrogens with zero attached hydrogens (tertiary/aromatic N) is 4. The molecule has 7 heteroatoms. The number of para-hydroxylation sites is 1. The number of nitrogens with one attached hydrogen (secondary N) is 1. The van der Waals surface area contributed by atoms with Crippen LogP contribution in [0.2, 0.25) is 0 Å². The second-order valence-corrected chi connectivity index (χ2v) is 7.43. The fourth-order valence-corrected chi connectivity index (χ4v) is 3.23. The molecule has 0 saturated heterocycles. The third-order valence-electron chi connectivity index (χ3n) is 4.02. The van der Waals surface area contributed by atoms with Gasteiger partial charge in [-0.1, -0.05) is 30.3 Å². The summed E-state index contributed by atoms with van der Waals surface area (Å²) in [6.45, 7) is 5.89. The first kappa shape index (κ1) is 18.1. The number of hydrogen-bond donors (Lipinski definition) is 1. The van der Waals surface area contributed by atoms with Crippen molar-refractivity contribution in [3.8, 4) is 5.69 Å². The van der Waals surface area contributed by atoms with Gasteiger partial charge in [0.25, 0.3) is 0 Å². The van der Waals surface area contributed by atoms with Crippen molar-refractivity contribution in [1.82, 2.24) is 20.2 Å². The van der Waals surface area contributed by atoms with Crippen molar-refractivity contribution in [2.24, 2.45) is 0 Å². The largest absolute Gasteiger partial charge is 0.325 e. The van der Waals surface area contributed by atoms with Gasteiger partial charge in [-0.25, -0.2) is 0 Å². The van der Waals surface area contributed by atoms with Gasteiger partial charge in [-0.3, -0.25) is 4.79 Å². The lowest BCUT2D eigenvalue weighted by molar-refractivity contribution is -0.115. The van der Waals surface area contributed by atoms with E-state index in [4.69, 9.17) is 0 Å². The van der Waals surface area contributed by atoms with Crippen LogP contribution in [-0.4, -0.2) is 31.4 Å². The number of anilines is 1. The lowest BCUT2D eigenvalue weighted by atomic mass is 10.1. The summed E-state index contributed by atoms with van der Waals surface area (Å²) in [7, 11) is 0. The Morgan fingerprint density at radius 1 is 1.19 bits per heavy atom. The highest BCUT2D eigenvalue weighted by molar-refractivity contribution is 7.99. The molecule has 6 nitrogen and oxygen atoms in total. The summed E-state index contributed by atoms with van der Waals surface area (Å²) >= 11 is 1.50. The highest BCUT2D eigenvalue weighted by Crippen LogP contribution is 2.21. The van der Waals surface area contributed by atoms with E-state index in [1.165, 1.54) is 11.8 Å². The van der Waals surface area contributed by atoms with E-state index in [0.717, 1.165) is 22.5 Å². The van der Waals surface area contributed by atoms with Gasteiger partial charge in [0, 0.05) is 5.69 Å². The molecule has 2 aromatic carbocycles. The lowest BCUT2D eigenvalue weighted by Gasteiger charge is -2.14. The van der Waals surface area contributed by atoms with Crippen LogP contribution in [0.25, 0.3) is 5.69 Å². The number of aromatic nitrogens is 4. The van der Waals surface area contributed by atoms with Crippen molar-refractivity contribution in [2.75, 3.05) is 5.32 Å². The number of carbonyl (C=O) groups is 1. The molecule has 0 fully saturated rings. The first-order chi connectivity index (χ1) is 12.5. The average molecular weight is 367 g/mol. The molecule has 3 rings (SSSR count). The van der Waals surface area contributed by atoms with E-state index in [9.17, 15) is 4.79 Å². The summed E-state index contributed by atoms with van der Waals surface area (Å²) in [5, 5.41) is 14.7. The predicted octanol–water partition coefficient (Wildman–Crippen LogP) is 3.54. The van der Waals surface area contributed by atoms with Crippen molar-refractivity contribution in [2.45, 2.75) is 31.8 Å². The Bertz CT molecular complexity index is 894. The van der Waals surface area contributed by atoms with Gasteiger partial charge in [0.2, 0.25) is 5.91 Å². The van der Waals surface area contributed by atoms with Gasteiger partial charge in [-0.05, 0) is 60.5 Å². The van der Waals surface area contributed by atoms with E-state index < -0.39 is 0 Å². The van der Waals surface area contributed by atoms with Crippen molar-refractivity contribution in [1.29, 1.82) is 0 Å². The molecule has 134 valence electrons. The number of benzene rings is 2. The zero-order valence-corrected chi connectivity index (χ0v) is 15.8. The number of thioether (sulfide) groups is 1. The second-order valence-electron chi connectivity index (χ2n) is 6.10. The van der Waals surface area contributed by atoms with Crippen molar-refractivity contribution in [3.63, 3.8) is 0 Å². The molecular weight excluding hydrogens is 346 g/mol. The Balaban J connectivity index is 1.63. The number of amides is 1. The number of carbonyl (C=O) groups excluding carboxylic acids is 1. The van der Waals surface area contributed by atoms with E-state index >= 15 is 0 Å². The highest BCUT2D eigenvalue weighted by Gasteiger charge is 2.17. The SMILES string of the molecule is Cc1ccc(C)c(NC(=O)C(C)SCc2nnnn2-c2ccccc2)c1. The number of aryl methyl sites for hydroxylation is 2. The Hall–Kier alpha value is -2.67. The smallest absolute Gasteiger partial charge is 0.237 e. The van der Waals surface area contributed by atoms with Crippen LogP contribution in [0.1, 0.15) is 23.9 Å². The van der Waals surface area contributed by atoms with E-state index in [0.29, 0.717) is 11.6 Å². The Morgan fingerprint density at radius 2 is 1.96 bits per heavy atom. The third-order valence-corrected chi connectivity index (χ3v) is 5.16. The predicted molar refractivity (Wildman–Crippen MR) is 104 cm³/mol. The van der Waals surface area contributed by atoms with E-state index in [-0.39, 0.29) is 11.2 Å². The van der Waals surface area contributed by atoms with Gasteiger partial charge in [-0.15, -0.1) is 16.9 Å². The van der Waals surface area contributed by atoms with Crippen LogP contribution >= 0.6 is 11.8 Å². The third kappa shape index (κ3) is 4.29. The summed E-state index contributed by atoms with van der Waals surface area (Å²) < 4.78 is 1.70. The molecule has 1 N–H and O–H groups in total. The molecule has 0 bridgehead atoms. The molecule has 0 aliphatic carbocycles. The first-order valence-electron chi connectivity index (χ1n) is 8.37. The summed E-state index contributed by atoms with van der Waals surface area (Å²) in [5.41, 5.74) is 3.93. The van der Waals surface area contributed by atoms with Gasteiger partial charge >= 0.3 is 0 Å². The molecule has 26 heavy (non-hydrogen) atoms. The van der Waals surface area contributed by atoms with Crippen LogP contribution in [0.3, 0.4) is 0 Å². The van der Waals surface area contributed by atoms with Gasteiger partial charge in [0.05, 0.1) is 16.7 Å². The van der Waals surface area contributed by atoms with E-state index in [1.54, 1.807) is 4.68 Å². The molecule has 0 aliphatic rings. The highest BCUT2D eigenvalue weighted by atomic mass is 32.2. The lowest BCUT2D eigenvalue weighted by Crippen LogP contribution is -2.23. The Morgan fingerprint density at radius 3 is 2.73 bits per heavy atom. The number of rotatable bonds is 6. The molecule has 1 atom stereocenters. The van der Waals surface area contributed by atoms with E-state index in [1.807, 2.05) is 69.3 Å². The van der Waals surface area contributed by atoms with Gasteiger partial charge in [0.1, 0.15) is 0 Å². The molecule has 1 heterocycles. The topological polar surface area (TPSA) is 72.7 Å². The molecule has 0 saturated carbocycles. The molecule has 3 aromatic rings. The number of tetrazole rings is 1. The van der Waals surface area contributed by atoms with E-state index in [2.05, 4.69) is 20.8 Å². The van der Waals surface area contributed by atoms with Gasteiger partial charge in [0.15, 0.2) is 5.82 Å². The van der Waals surface area contributed by atoms with Crippen molar-refractivity contribution >= 4 is 23.4 Å². The molecular formula is C19H21N5OS. The van der Waals surface area contributed by atoms with Crippen LogP contribution in [0.15, 0.2) is 48.5 Å². The zero-order valence-electron chi connectivity index (χ0n) is 15.0. The normalized spacial score (nSPS) is 12.0. The van der Waals surface area contributed by atoms with Crippen LogP contribution < -0.4 is 5.32 Å². The minimum absolute atomic E-state index is 0.0255. The summed E-state index contributed by atoms with van der Waals surface area (Å²) in [4.78, 5) is 12.5. The van der Waals surface area contributed by atoms with Gasteiger partial charge in [-0.2, -0.15) is 4.68 Å². The standard InChI is InChI=1S/C19H21N5OS/c1-13-9-10-14(2)17(11-13)20-19(25)15(3)26-12-18-21-22-23-24(18)16-7-5-4-6-8-16/h4-11,15H,12H2,1-3H3,(H,20,25). The van der Waals surface area contributed by atoms with Gasteiger partial charge < -0.3 is 5.32 Å². The molecule has 0 radical (unpaired) electrons. The molecule has 1 amide bonds.